The highest BCUT2D eigenvalue weighted by molar-refractivity contribution is 5.49. The van der Waals surface area contributed by atoms with E-state index in [1.807, 2.05) is 6.92 Å². The number of hydrogen-bond donors (Lipinski definition) is 2. The van der Waals surface area contributed by atoms with Gasteiger partial charge in [0.15, 0.2) is 0 Å². The number of nitrogens with one attached hydrogen (secondary N) is 2. The molecule has 0 radical (unpaired) electrons. The van der Waals surface area contributed by atoms with Crippen molar-refractivity contribution >= 4 is 11.6 Å². The van der Waals surface area contributed by atoms with Crippen LogP contribution in [0.1, 0.15) is 44.6 Å². The summed E-state index contributed by atoms with van der Waals surface area (Å²) in [5.41, 5.74) is -0.662. The van der Waals surface area contributed by atoms with Crippen LogP contribution in [0, 0.1) is 5.92 Å². The number of rotatable bonds is 6. The summed E-state index contributed by atoms with van der Waals surface area (Å²) >= 11 is 0. The van der Waals surface area contributed by atoms with Crippen molar-refractivity contribution in [1.29, 1.82) is 0 Å². The average molecular weight is 301 g/mol. The number of anilines is 2. The van der Waals surface area contributed by atoms with Gasteiger partial charge in [-0.15, -0.1) is 0 Å². The lowest BCUT2D eigenvalue weighted by atomic mass is 10.1. The van der Waals surface area contributed by atoms with Gasteiger partial charge in [0.05, 0.1) is 5.56 Å². The first-order chi connectivity index (χ1) is 9.99. The van der Waals surface area contributed by atoms with Gasteiger partial charge in [0.2, 0.25) is 0 Å². The van der Waals surface area contributed by atoms with E-state index in [0.717, 1.165) is 31.4 Å². The van der Waals surface area contributed by atoms with E-state index < -0.39 is 11.7 Å². The standard InChI is InChI=1S/C15H22F3N3/c1-2-7-19-13-8-12(15(16,17)18)9-14(21-13)20-10-11-5-3-4-6-11/h8-9,11H,2-7,10H2,1H3,(H2,19,20,21). The maximum absolute atomic E-state index is 12.9. The van der Waals surface area contributed by atoms with Crippen molar-refractivity contribution in [3.05, 3.63) is 17.7 Å². The van der Waals surface area contributed by atoms with E-state index in [-0.39, 0.29) is 5.82 Å². The molecule has 1 aromatic heterocycles. The quantitative estimate of drug-likeness (QED) is 0.811. The maximum atomic E-state index is 12.9. The van der Waals surface area contributed by atoms with Gasteiger partial charge in [-0.3, -0.25) is 0 Å². The molecular formula is C15H22F3N3. The van der Waals surface area contributed by atoms with Crippen LogP contribution in [0.25, 0.3) is 0 Å². The largest absolute Gasteiger partial charge is 0.416 e. The van der Waals surface area contributed by atoms with E-state index in [9.17, 15) is 13.2 Å². The van der Waals surface area contributed by atoms with Crippen LogP contribution < -0.4 is 10.6 Å². The smallest absolute Gasteiger partial charge is 0.370 e. The molecule has 2 rings (SSSR count). The summed E-state index contributed by atoms with van der Waals surface area (Å²) < 4.78 is 38.8. The van der Waals surface area contributed by atoms with Crippen molar-refractivity contribution in [3.63, 3.8) is 0 Å². The minimum atomic E-state index is -4.35. The number of alkyl halides is 3. The number of nitrogens with zero attached hydrogens (tertiary/aromatic N) is 1. The summed E-state index contributed by atoms with van der Waals surface area (Å²) in [5, 5.41) is 5.99. The highest BCUT2D eigenvalue weighted by Gasteiger charge is 2.31. The molecule has 0 aliphatic heterocycles. The second-order valence-electron chi connectivity index (χ2n) is 5.58. The zero-order chi connectivity index (χ0) is 15.3. The molecule has 2 N–H and O–H groups in total. The van der Waals surface area contributed by atoms with E-state index in [2.05, 4.69) is 15.6 Å². The third-order valence-corrected chi connectivity index (χ3v) is 3.76. The summed E-state index contributed by atoms with van der Waals surface area (Å²) in [7, 11) is 0. The normalized spacial score (nSPS) is 16.2. The van der Waals surface area contributed by atoms with Gasteiger partial charge in [0, 0.05) is 13.1 Å². The SMILES string of the molecule is CCCNc1cc(C(F)(F)F)cc(NCC2CCCC2)n1. The van der Waals surface area contributed by atoms with Crippen molar-refractivity contribution < 1.29 is 13.2 Å². The van der Waals surface area contributed by atoms with Crippen molar-refractivity contribution in [3.8, 4) is 0 Å². The van der Waals surface area contributed by atoms with Crippen LogP contribution in [0.15, 0.2) is 12.1 Å². The molecule has 0 saturated heterocycles. The van der Waals surface area contributed by atoms with Gasteiger partial charge in [0.1, 0.15) is 11.6 Å². The lowest BCUT2D eigenvalue weighted by Gasteiger charge is -2.15. The molecule has 118 valence electrons. The van der Waals surface area contributed by atoms with Crippen LogP contribution in [0.2, 0.25) is 0 Å². The summed E-state index contributed by atoms with van der Waals surface area (Å²) in [4.78, 5) is 4.22. The van der Waals surface area contributed by atoms with Crippen LogP contribution in [0.3, 0.4) is 0 Å². The first kappa shape index (κ1) is 15.9. The summed E-state index contributed by atoms with van der Waals surface area (Å²) in [6.45, 7) is 3.26. The summed E-state index contributed by atoms with van der Waals surface area (Å²) in [6, 6.07) is 2.16. The first-order valence-electron chi connectivity index (χ1n) is 7.56. The van der Waals surface area contributed by atoms with Crippen LogP contribution in [-0.4, -0.2) is 18.1 Å². The van der Waals surface area contributed by atoms with Gasteiger partial charge in [-0.1, -0.05) is 19.8 Å². The average Bonchev–Trinajstić information content (AvgIpc) is 2.95. The Labute approximate surface area is 123 Å². The van der Waals surface area contributed by atoms with E-state index >= 15 is 0 Å². The van der Waals surface area contributed by atoms with Gasteiger partial charge < -0.3 is 10.6 Å². The molecular weight excluding hydrogens is 279 g/mol. The third kappa shape index (κ3) is 4.79. The number of pyridine rings is 1. The van der Waals surface area contributed by atoms with Crippen LogP contribution in [0.4, 0.5) is 24.8 Å². The molecule has 3 nitrogen and oxygen atoms in total. The fraction of sp³-hybridized carbons (Fsp3) is 0.667. The molecule has 1 aliphatic rings. The number of halogens is 3. The summed E-state index contributed by atoms with van der Waals surface area (Å²) in [5.74, 6) is 1.13. The molecule has 0 unspecified atom stereocenters. The van der Waals surface area contributed by atoms with Crippen LogP contribution >= 0.6 is 0 Å². The Hall–Kier alpha value is -1.46. The molecule has 0 atom stereocenters. The molecule has 6 heteroatoms. The van der Waals surface area contributed by atoms with E-state index in [4.69, 9.17) is 0 Å². The van der Waals surface area contributed by atoms with Gasteiger partial charge in [-0.05, 0) is 37.3 Å². The molecule has 0 aromatic carbocycles. The Kier molecular flexibility index (Phi) is 5.31. The Balaban J connectivity index is 2.09. The maximum Gasteiger partial charge on any atom is 0.416 e. The van der Waals surface area contributed by atoms with Gasteiger partial charge >= 0.3 is 6.18 Å². The second-order valence-corrected chi connectivity index (χ2v) is 5.58. The zero-order valence-electron chi connectivity index (χ0n) is 12.3. The molecule has 0 bridgehead atoms. The zero-order valence-corrected chi connectivity index (χ0v) is 12.3. The fourth-order valence-electron chi connectivity index (χ4n) is 2.59. The number of hydrogen-bond acceptors (Lipinski definition) is 3. The van der Waals surface area contributed by atoms with Crippen molar-refractivity contribution in [2.75, 3.05) is 23.7 Å². The minimum Gasteiger partial charge on any atom is -0.370 e. The monoisotopic (exact) mass is 301 g/mol. The predicted molar refractivity (Wildman–Crippen MR) is 78.5 cm³/mol. The molecule has 0 spiro atoms. The van der Waals surface area contributed by atoms with E-state index in [1.54, 1.807) is 0 Å². The van der Waals surface area contributed by atoms with Gasteiger partial charge in [-0.25, -0.2) is 4.98 Å². The van der Waals surface area contributed by atoms with Gasteiger partial charge in [-0.2, -0.15) is 13.2 Å². The Morgan fingerprint density at radius 2 is 1.76 bits per heavy atom. The van der Waals surface area contributed by atoms with E-state index in [1.165, 1.54) is 12.8 Å². The number of aromatic nitrogens is 1. The van der Waals surface area contributed by atoms with Crippen LogP contribution in [0.5, 0.6) is 0 Å². The van der Waals surface area contributed by atoms with Crippen molar-refractivity contribution in [2.24, 2.45) is 5.92 Å². The Morgan fingerprint density at radius 1 is 1.14 bits per heavy atom. The van der Waals surface area contributed by atoms with Crippen molar-refractivity contribution in [1.82, 2.24) is 4.98 Å². The first-order valence-corrected chi connectivity index (χ1v) is 7.56. The molecule has 1 aliphatic carbocycles. The van der Waals surface area contributed by atoms with Gasteiger partial charge in [0.25, 0.3) is 0 Å². The van der Waals surface area contributed by atoms with Crippen LogP contribution in [-0.2, 0) is 6.18 Å². The summed E-state index contributed by atoms with van der Waals surface area (Å²) in [6.07, 6.45) is 1.20. The Morgan fingerprint density at radius 3 is 2.33 bits per heavy atom. The van der Waals surface area contributed by atoms with E-state index in [0.29, 0.717) is 24.8 Å². The van der Waals surface area contributed by atoms with Crippen molar-refractivity contribution in [2.45, 2.75) is 45.2 Å². The molecule has 1 aromatic rings. The second kappa shape index (κ2) is 7.00. The fourth-order valence-corrected chi connectivity index (χ4v) is 2.59. The molecule has 1 fully saturated rings. The molecule has 1 saturated carbocycles. The lowest BCUT2D eigenvalue weighted by molar-refractivity contribution is -0.137. The Bertz CT molecular complexity index is 454. The highest BCUT2D eigenvalue weighted by Crippen LogP contribution is 2.32. The minimum absolute atomic E-state index is 0.278. The third-order valence-electron chi connectivity index (χ3n) is 3.76. The molecule has 1 heterocycles. The highest BCUT2D eigenvalue weighted by atomic mass is 19.4. The lowest BCUT2D eigenvalue weighted by Crippen LogP contribution is -2.15. The molecule has 21 heavy (non-hydrogen) atoms. The topological polar surface area (TPSA) is 37.0 Å². The predicted octanol–water partition coefficient (Wildman–Crippen LogP) is 4.52. The molecule has 0 amide bonds.